The Labute approximate surface area is 357 Å². The number of nitrogens with two attached hydrogens (primary N) is 8. The van der Waals surface area contributed by atoms with Crippen LogP contribution in [0.1, 0.15) is 89.0 Å². The predicted octanol–water partition coefficient (Wildman–Crippen LogP) is -3.44. The van der Waals surface area contributed by atoms with E-state index in [1.165, 1.54) is 0 Å². The Kier molecular flexibility index (Phi) is 27.4. The number of unbranched alkanes of at least 4 members (excludes halogenated alkanes) is 3. The molecule has 1 aromatic rings. The summed E-state index contributed by atoms with van der Waals surface area (Å²) < 4.78 is 0. The maximum atomic E-state index is 14.2. The summed E-state index contributed by atoms with van der Waals surface area (Å²) >= 11 is 0. The zero-order valence-electron chi connectivity index (χ0n) is 35.2. The Bertz CT molecular complexity index is 1540. The predicted molar refractivity (Wildman–Crippen MR) is 234 cm³/mol. The summed E-state index contributed by atoms with van der Waals surface area (Å²) in [6.07, 6.45) is 4.39. The largest absolute Gasteiger partial charge is 0.480 e. The number of hydrogen-bond donors (Lipinski definition) is 14. The third kappa shape index (κ3) is 23.7. The van der Waals surface area contributed by atoms with Crippen molar-refractivity contribution in [3.63, 3.8) is 0 Å². The monoisotopic (exact) mass is 862 g/mol. The maximum absolute atomic E-state index is 14.2. The van der Waals surface area contributed by atoms with Crippen molar-refractivity contribution >= 4 is 47.4 Å². The number of carboxylic acids is 1. The summed E-state index contributed by atoms with van der Waals surface area (Å²) in [5.74, 6) is -5.06. The fourth-order valence-corrected chi connectivity index (χ4v) is 6.12. The number of aliphatic imine (C=N–C) groups is 2. The fraction of sp³-hybridized carbons (Fsp3) is 0.641. The number of aliphatic carboxylic acids is 1. The Hall–Kier alpha value is -5.58. The van der Waals surface area contributed by atoms with E-state index >= 15 is 0 Å². The van der Waals surface area contributed by atoms with Gasteiger partial charge in [0, 0.05) is 19.5 Å². The molecule has 5 amide bonds. The van der Waals surface area contributed by atoms with Crippen LogP contribution in [0.5, 0.6) is 0 Å². The molecule has 0 radical (unpaired) electrons. The van der Waals surface area contributed by atoms with Gasteiger partial charge in [-0.25, -0.2) is 4.79 Å². The van der Waals surface area contributed by atoms with Gasteiger partial charge in [0.25, 0.3) is 0 Å². The molecule has 0 saturated heterocycles. The number of guanidine groups is 2. The summed E-state index contributed by atoms with van der Waals surface area (Å²) in [6.45, 7) is 1.37. The lowest BCUT2D eigenvalue weighted by molar-refractivity contribution is -0.142. The van der Waals surface area contributed by atoms with Crippen LogP contribution in [0.3, 0.4) is 0 Å². The van der Waals surface area contributed by atoms with E-state index in [-0.39, 0.29) is 70.0 Å². The third-order valence-corrected chi connectivity index (χ3v) is 9.52. The van der Waals surface area contributed by atoms with Crippen LogP contribution in [-0.2, 0) is 35.2 Å². The smallest absolute Gasteiger partial charge is 0.326 e. The second-order valence-corrected chi connectivity index (χ2v) is 14.7. The molecular formula is C39H71N15O7. The highest BCUT2D eigenvalue weighted by Crippen LogP contribution is 2.11. The van der Waals surface area contributed by atoms with E-state index in [2.05, 4.69) is 36.6 Å². The number of hydrogen-bond acceptors (Lipinski definition) is 12. The molecule has 0 bridgehead atoms. The van der Waals surface area contributed by atoms with Crippen LogP contribution in [0.4, 0.5) is 0 Å². The average Bonchev–Trinajstić information content (AvgIpc) is 3.21. The molecule has 22 nitrogen and oxygen atoms in total. The van der Waals surface area contributed by atoms with Crippen molar-refractivity contribution in [1.29, 1.82) is 0 Å². The SMILES string of the molecule is NCCCC[C@H](NC(=O)[C@H](CCCCN)NC(=O)[C@H](Cc1ccccc1)NC(=O)[C@H](CCCN=C(N)N)NC(=O)[C@H](CCCN=C(N)N)NC(=O)[C@@H](N)CCCCN)C(=O)O. The van der Waals surface area contributed by atoms with Gasteiger partial charge in [-0.05, 0) is 102 Å². The van der Waals surface area contributed by atoms with Crippen LogP contribution in [0.15, 0.2) is 40.3 Å². The van der Waals surface area contributed by atoms with Gasteiger partial charge >= 0.3 is 5.97 Å². The molecule has 6 atom stereocenters. The number of benzene rings is 1. The summed E-state index contributed by atoms with van der Waals surface area (Å²) in [4.78, 5) is 88.8. The highest BCUT2D eigenvalue weighted by molar-refractivity contribution is 5.96. The number of carbonyl (C=O) groups is 6. The molecule has 22 N–H and O–H groups in total. The minimum absolute atomic E-state index is 0.00610. The molecule has 0 unspecified atom stereocenters. The van der Waals surface area contributed by atoms with E-state index < -0.39 is 71.8 Å². The van der Waals surface area contributed by atoms with Crippen molar-refractivity contribution in [2.75, 3.05) is 32.7 Å². The summed E-state index contributed by atoms with van der Waals surface area (Å²) in [6, 6.07) is 1.77. The minimum atomic E-state index is -1.28. The highest BCUT2D eigenvalue weighted by atomic mass is 16.4. The van der Waals surface area contributed by atoms with Crippen molar-refractivity contribution in [1.82, 2.24) is 26.6 Å². The van der Waals surface area contributed by atoms with E-state index in [1.54, 1.807) is 30.3 Å². The normalized spacial score (nSPS) is 13.8. The zero-order chi connectivity index (χ0) is 45.6. The Morgan fingerprint density at radius 3 is 1.28 bits per heavy atom. The van der Waals surface area contributed by atoms with Crippen LogP contribution in [0.25, 0.3) is 0 Å². The van der Waals surface area contributed by atoms with Crippen molar-refractivity contribution < 1.29 is 33.9 Å². The fourth-order valence-electron chi connectivity index (χ4n) is 6.12. The zero-order valence-corrected chi connectivity index (χ0v) is 35.2. The van der Waals surface area contributed by atoms with Crippen LogP contribution < -0.4 is 72.5 Å². The van der Waals surface area contributed by atoms with E-state index in [0.29, 0.717) is 70.1 Å². The molecule has 344 valence electrons. The van der Waals surface area contributed by atoms with E-state index in [4.69, 9.17) is 45.9 Å². The number of amides is 5. The third-order valence-electron chi connectivity index (χ3n) is 9.52. The second-order valence-electron chi connectivity index (χ2n) is 14.7. The Morgan fingerprint density at radius 2 is 0.852 bits per heavy atom. The van der Waals surface area contributed by atoms with Crippen molar-refractivity contribution in [2.24, 2.45) is 55.9 Å². The van der Waals surface area contributed by atoms with E-state index in [0.717, 1.165) is 0 Å². The Balaban J connectivity index is 3.49. The molecule has 0 spiro atoms. The first-order valence-corrected chi connectivity index (χ1v) is 20.9. The molecular weight excluding hydrogens is 791 g/mol. The van der Waals surface area contributed by atoms with Crippen molar-refractivity contribution in [2.45, 2.75) is 126 Å². The van der Waals surface area contributed by atoms with Gasteiger partial charge in [0.05, 0.1) is 6.04 Å². The first-order valence-electron chi connectivity index (χ1n) is 20.9. The number of carbonyl (C=O) groups excluding carboxylic acids is 5. The molecule has 1 rings (SSSR count). The number of nitrogens with zero attached hydrogens (tertiary/aromatic N) is 2. The standard InChI is InChI=1S/C39H71N15O7/c40-19-7-4-14-26(43)32(55)50-28(17-10-22-48-38(44)45)33(56)51-29(18-11-23-49-39(46)47)35(58)54-31(24-25-12-2-1-3-13-25)36(59)52-27(15-5-8-20-41)34(57)53-30(37(60)61)16-6-9-21-42/h1-3,12-13,26-31H,4-11,14-24,40-43H2,(H,50,55)(H,51,56)(H,52,59)(H,53,57)(H,54,58)(H,60,61)(H4,44,45,48)(H4,46,47,49)/t26-,27-,28-,29-,30-,31-/m0/s1. The molecule has 0 saturated carbocycles. The lowest BCUT2D eigenvalue weighted by Crippen LogP contribution is -2.59. The van der Waals surface area contributed by atoms with Gasteiger partial charge in [0.2, 0.25) is 29.5 Å². The van der Waals surface area contributed by atoms with Crippen LogP contribution in [0, 0.1) is 0 Å². The van der Waals surface area contributed by atoms with E-state index in [9.17, 15) is 33.9 Å². The average molecular weight is 862 g/mol. The lowest BCUT2D eigenvalue weighted by atomic mass is 10.0. The summed E-state index contributed by atoms with van der Waals surface area (Å²) in [7, 11) is 0. The molecule has 22 heteroatoms. The summed E-state index contributed by atoms with van der Waals surface area (Å²) in [5, 5.41) is 23.2. The van der Waals surface area contributed by atoms with Gasteiger partial charge in [0.1, 0.15) is 30.2 Å². The number of rotatable bonds is 33. The van der Waals surface area contributed by atoms with Gasteiger partial charge < -0.3 is 77.6 Å². The Morgan fingerprint density at radius 1 is 0.492 bits per heavy atom. The second kappa shape index (κ2) is 31.3. The summed E-state index contributed by atoms with van der Waals surface area (Å²) in [5.41, 5.74) is 45.5. The molecule has 0 aromatic heterocycles. The molecule has 61 heavy (non-hydrogen) atoms. The number of carboxylic acid groups (broad SMARTS) is 1. The number of nitrogens with one attached hydrogen (secondary N) is 5. The van der Waals surface area contributed by atoms with Gasteiger partial charge in [-0.3, -0.25) is 34.0 Å². The molecule has 0 fully saturated rings. The van der Waals surface area contributed by atoms with Crippen LogP contribution in [0.2, 0.25) is 0 Å². The molecule has 0 aliphatic rings. The molecule has 0 heterocycles. The quantitative estimate of drug-likeness (QED) is 0.0186. The van der Waals surface area contributed by atoms with Gasteiger partial charge in [-0.2, -0.15) is 0 Å². The molecule has 0 aliphatic carbocycles. The maximum Gasteiger partial charge on any atom is 0.326 e. The van der Waals surface area contributed by atoms with Crippen LogP contribution >= 0.6 is 0 Å². The van der Waals surface area contributed by atoms with Gasteiger partial charge in [0.15, 0.2) is 11.9 Å². The van der Waals surface area contributed by atoms with Crippen molar-refractivity contribution in [3.05, 3.63) is 35.9 Å². The highest BCUT2D eigenvalue weighted by Gasteiger charge is 2.33. The first kappa shape index (κ1) is 53.4. The molecule has 0 aliphatic heterocycles. The van der Waals surface area contributed by atoms with Gasteiger partial charge in [-0.1, -0.05) is 36.8 Å². The van der Waals surface area contributed by atoms with E-state index in [1.807, 2.05) is 0 Å². The van der Waals surface area contributed by atoms with Gasteiger partial charge in [-0.15, -0.1) is 0 Å². The van der Waals surface area contributed by atoms with Crippen molar-refractivity contribution in [3.8, 4) is 0 Å². The minimum Gasteiger partial charge on any atom is -0.480 e. The molecule has 1 aromatic carbocycles. The topological polar surface area (TPSA) is 416 Å². The first-order chi connectivity index (χ1) is 29.1. The van der Waals surface area contributed by atoms with Crippen LogP contribution in [-0.4, -0.2) is 122 Å². The lowest BCUT2D eigenvalue weighted by Gasteiger charge is -2.27.